The molecule has 0 radical (unpaired) electrons. The molecule has 3 aromatic rings. The lowest BCUT2D eigenvalue weighted by molar-refractivity contribution is -0.136. The second kappa shape index (κ2) is 15.8. The van der Waals surface area contributed by atoms with Crippen molar-refractivity contribution < 1.29 is 42.8 Å². The summed E-state index contributed by atoms with van der Waals surface area (Å²) in [5.41, 5.74) is 4.65. The van der Waals surface area contributed by atoms with Gasteiger partial charge in [-0.2, -0.15) is 5.10 Å². The van der Waals surface area contributed by atoms with E-state index in [2.05, 4.69) is 21.2 Å². The van der Waals surface area contributed by atoms with E-state index in [4.69, 9.17) is 35.3 Å². The van der Waals surface area contributed by atoms with Gasteiger partial charge < -0.3 is 39.4 Å². The molecular weight excluding hydrogens is 623 g/mol. The summed E-state index contributed by atoms with van der Waals surface area (Å²) in [6, 6.07) is 13.1. The maximum Gasteiger partial charge on any atom is 0.337 e. The summed E-state index contributed by atoms with van der Waals surface area (Å²) >= 11 is 6.41. The molecule has 0 aromatic heterocycles. The number of allylic oxidation sites excluding steroid dienone is 1. The Hall–Kier alpha value is -5.01. The first-order chi connectivity index (χ1) is 22.1. The second-order valence-corrected chi connectivity index (χ2v) is 10.2. The zero-order valence-corrected chi connectivity index (χ0v) is 26.3. The topological polar surface area (TPSA) is 149 Å². The lowest BCUT2D eigenvalue weighted by atomic mass is 9.95. The normalized spacial score (nSPS) is 15.1. The van der Waals surface area contributed by atoms with E-state index in [1.165, 1.54) is 26.5 Å². The highest BCUT2D eigenvalue weighted by atomic mass is 35.5. The standard InChI is InChI=1S/C32H34ClFN4O8/c1-5-44-25-14-20(29-28(31(40)43-4)18(2)36-32(41)37-29)10-11-24(25)45-17-27(39)38-35-15-19-12-22(33)30(26(13-19)42-3)46-16-21-8-6-7-9-23(21)34/h6-15,27,29,38-39H,5,16-17H2,1-4H3,(H2,36,37,41)/b35-15-/t27-,29-/m1/s1. The maximum absolute atomic E-state index is 14.0. The zero-order chi connectivity index (χ0) is 33.2. The summed E-state index contributed by atoms with van der Waals surface area (Å²) < 4.78 is 41.5. The number of rotatable bonds is 14. The van der Waals surface area contributed by atoms with Gasteiger partial charge in [0.05, 0.1) is 43.7 Å². The van der Waals surface area contributed by atoms with E-state index >= 15 is 0 Å². The number of aliphatic hydroxyl groups is 1. The van der Waals surface area contributed by atoms with Gasteiger partial charge in [0.1, 0.15) is 19.0 Å². The molecule has 0 fully saturated rings. The molecule has 0 unspecified atom stereocenters. The Morgan fingerprint density at radius 2 is 1.89 bits per heavy atom. The quantitative estimate of drug-likeness (QED) is 0.0846. The molecule has 4 N–H and O–H groups in total. The minimum absolute atomic E-state index is 0.0441. The molecule has 1 aliphatic heterocycles. The third-order valence-electron chi connectivity index (χ3n) is 6.69. The van der Waals surface area contributed by atoms with Gasteiger partial charge in [-0.25, -0.2) is 14.0 Å². The van der Waals surface area contributed by atoms with Crippen molar-refractivity contribution in [3.05, 3.63) is 93.4 Å². The van der Waals surface area contributed by atoms with Gasteiger partial charge in [-0.05, 0) is 55.3 Å². The van der Waals surface area contributed by atoms with Crippen molar-refractivity contribution in [1.29, 1.82) is 0 Å². The Bertz CT molecular complexity index is 1630. The Labute approximate surface area is 270 Å². The minimum atomic E-state index is -1.22. The minimum Gasteiger partial charge on any atom is -0.493 e. The predicted molar refractivity (Wildman–Crippen MR) is 168 cm³/mol. The van der Waals surface area contributed by atoms with Gasteiger partial charge in [0.25, 0.3) is 0 Å². The van der Waals surface area contributed by atoms with Gasteiger partial charge in [0, 0.05) is 11.3 Å². The Balaban J connectivity index is 1.39. The summed E-state index contributed by atoms with van der Waals surface area (Å²) in [6.07, 6.45) is 0.201. The van der Waals surface area contributed by atoms with Crippen LogP contribution in [0.4, 0.5) is 9.18 Å². The first-order valence-corrected chi connectivity index (χ1v) is 14.5. The van der Waals surface area contributed by atoms with Crippen LogP contribution in [-0.4, -0.2) is 57.0 Å². The van der Waals surface area contributed by atoms with Crippen LogP contribution >= 0.6 is 11.6 Å². The van der Waals surface area contributed by atoms with Gasteiger partial charge in [-0.3, -0.25) is 5.43 Å². The van der Waals surface area contributed by atoms with E-state index in [-0.39, 0.29) is 29.6 Å². The van der Waals surface area contributed by atoms with Crippen molar-refractivity contribution in [3.8, 4) is 23.0 Å². The van der Waals surface area contributed by atoms with E-state index in [0.717, 1.165) is 0 Å². The number of hydrazone groups is 1. The zero-order valence-electron chi connectivity index (χ0n) is 25.6. The van der Waals surface area contributed by atoms with Gasteiger partial charge in [0.15, 0.2) is 29.2 Å². The number of urea groups is 1. The Kier molecular flexibility index (Phi) is 11.7. The fraction of sp³-hybridized carbons (Fsp3) is 0.281. The monoisotopic (exact) mass is 656 g/mol. The lowest BCUT2D eigenvalue weighted by Crippen LogP contribution is -2.45. The van der Waals surface area contributed by atoms with Gasteiger partial charge in [0.2, 0.25) is 0 Å². The van der Waals surface area contributed by atoms with Crippen LogP contribution in [0.5, 0.6) is 23.0 Å². The summed E-state index contributed by atoms with van der Waals surface area (Å²) in [5, 5.41) is 20.0. The van der Waals surface area contributed by atoms with Gasteiger partial charge in [-0.15, -0.1) is 0 Å². The van der Waals surface area contributed by atoms with Crippen LogP contribution in [0.25, 0.3) is 0 Å². The van der Waals surface area contributed by atoms with Crippen LogP contribution < -0.4 is 35.0 Å². The summed E-state index contributed by atoms with van der Waals surface area (Å²) in [5.74, 6) is 0.234. The van der Waals surface area contributed by atoms with E-state index in [0.29, 0.717) is 46.2 Å². The number of ether oxygens (including phenoxy) is 5. The van der Waals surface area contributed by atoms with E-state index < -0.39 is 30.1 Å². The number of carbonyl (C=O) groups is 2. The third-order valence-corrected chi connectivity index (χ3v) is 6.97. The van der Waals surface area contributed by atoms with Crippen molar-refractivity contribution in [2.75, 3.05) is 27.4 Å². The molecule has 4 rings (SSSR count). The molecule has 3 aromatic carbocycles. The number of hydrogen-bond donors (Lipinski definition) is 4. The summed E-state index contributed by atoms with van der Waals surface area (Å²) in [4.78, 5) is 24.6. The molecule has 244 valence electrons. The number of esters is 1. The second-order valence-electron chi connectivity index (χ2n) is 9.83. The molecule has 1 aliphatic rings. The van der Waals surface area contributed by atoms with E-state index in [1.54, 1.807) is 62.4 Å². The highest BCUT2D eigenvalue weighted by Gasteiger charge is 2.32. The number of hydrogen-bond acceptors (Lipinski definition) is 10. The highest BCUT2D eigenvalue weighted by Crippen LogP contribution is 2.37. The molecule has 0 spiro atoms. The average Bonchev–Trinajstić information content (AvgIpc) is 3.03. The number of halogens is 2. The molecule has 46 heavy (non-hydrogen) atoms. The SMILES string of the molecule is CCOc1cc([C@H]2NC(=O)NC(C)=C2C(=O)OC)ccc1OC[C@@H](O)N/N=C\c1cc(Cl)c(OCc2ccccc2F)c(OC)c1. The fourth-order valence-corrected chi connectivity index (χ4v) is 4.81. The van der Waals surface area contributed by atoms with Gasteiger partial charge >= 0.3 is 12.0 Å². The molecule has 0 bridgehead atoms. The number of carbonyl (C=O) groups excluding carboxylic acids is 2. The smallest absolute Gasteiger partial charge is 0.337 e. The molecule has 0 saturated carbocycles. The largest absolute Gasteiger partial charge is 0.493 e. The molecule has 14 heteroatoms. The molecule has 2 atom stereocenters. The molecule has 0 saturated heterocycles. The predicted octanol–water partition coefficient (Wildman–Crippen LogP) is 4.59. The first-order valence-electron chi connectivity index (χ1n) is 14.1. The maximum atomic E-state index is 14.0. The van der Waals surface area contributed by atoms with Crippen molar-refractivity contribution in [1.82, 2.24) is 16.1 Å². The van der Waals surface area contributed by atoms with Crippen LogP contribution in [0, 0.1) is 5.82 Å². The van der Waals surface area contributed by atoms with E-state index in [1.807, 2.05) is 0 Å². The van der Waals surface area contributed by atoms with E-state index in [9.17, 15) is 19.1 Å². The Morgan fingerprint density at radius 3 is 2.61 bits per heavy atom. The van der Waals surface area contributed by atoms with Crippen LogP contribution in [0.15, 0.2) is 71.0 Å². The van der Waals surface area contributed by atoms with Crippen LogP contribution in [0.1, 0.15) is 36.6 Å². The summed E-state index contributed by atoms with van der Waals surface area (Å²) in [6.45, 7) is 3.46. The molecule has 1 heterocycles. The molecule has 12 nitrogen and oxygen atoms in total. The first kappa shape index (κ1) is 33.9. The molecule has 0 aliphatic carbocycles. The molecule has 2 amide bonds. The third kappa shape index (κ3) is 8.37. The Morgan fingerprint density at radius 1 is 1.11 bits per heavy atom. The fourth-order valence-electron chi connectivity index (χ4n) is 4.54. The van der Waals surface area contributed by atoms with Crippen molar-refractivity contribution >= 4 is 29.8 Å². The van der Waals surface area contributed by atoms with Crippen molar-refractivity contribution in [3.63, 3.8) is 0 Å². The summed E-state index contributed by atoms with van der Waals surface area (Å²) in [7, 11) is 2.71. The van der Waals surface area contributed by atoms with Gasteiger partial charge in [-0.1, -0.05) is 35.9 Å². The molecular formula is C32H34ClFN4O8. The number of amides is 2. The number of nitrogens with zero attached hydrogens (tertiary/aromatic N) is 1. The van der Waals surface area contributed by atoms with Crippen LogP contribution in [0.2, 0.25) is 5.02 Å². The number of nitrogens with one attached hydrogen (secondary N) is 3. The highest BCUT2D eigenvalue weighted by molar-refractivity contribution is 6.32. The number of methoxy groups -OCH3 is 2. The average molecular weight is 657 g/mol. The van der Waals surface area contributed by atoms with Crippen molar-refractivity contribution in [2.24, 2.45) is 5.10 Å². The van der Waals surface area contributed by atoms with Crippen molar-refractivity contribution in [2.45, 2.75) is 32.7 Å². The number of benzene rings is 3. The van der Waals surface area contributed by atoms with Crippen LogP contribution in [-0.2, 0) is 16.1 Å². The van der Waals surface area contributed by atoms with Crippen LogP contribution in [0.3, 0.4) is 0 Å². The lowest BCUT2D eigenvalue weighted by Gasteiger charge is -2.28. The number of aliphatic hydroxyl groups excluding tert-OH is 1.